The van der Waals surface area contributed by atoms with E-state index in [0.29, 0.717) is 16.7 Å². The van der Waals surface area contributed by atoms with Gasteiger partial charge in [0.2, 0.25) is 0 Å². The Hall–Kier alpha value is -3.38. The number of amides is 1. The van der Waals surface area contributed by atoms with Crippen molar-refractivity contribution in [2.24, 2.45) is 0 Å². The second kappa shape index (κ2) is 8.33. The highest BCUT2D eigenvalue weighted by atomic mass is 16.5. The highest BCUT2D eigenvalue weighted by molar-refractivity contribution is 5.96. The molecule has 0 radical (unpaired) electrons. The Kier molecular flexibility index (Phi) is 5.68. The number of ether oxygens (including phenoxy) is 1. The van der Waals surface area contributed by atoms with Crippen molar-refractivity contribution < 1.29 is 23.8 Å². The zero-order valence-corrected chi connectivity index (χ0v) is 14.7. The smallest absolute Gasteiger partial charge is 0.337 e. The van der Waals surface area contributed by atoms with Crippen LogP contribution in [0.25, 0.3) is 11.3 Å². The number of aliphatic hydroxyl groups is 1. The zero-order valence-electron chi connectivity index (χ0n) is 14.7. The largest absolute Gasteiger partial charge is 0.465 e. The predicted octanol–water partition coefficient (Wildman–Crippen LogP) is 3.20. The van der Waals surface area contributed by atoms with E-state index in [1.165, 1.54) is 31.4 Å². The van der Waals surface area contributed by atoms with Gasteiger partial charge in [-0.3, -0.25) is 4.79 Å². The van der Waals surface area contributed by atoms with Crippen molar-refractivity contribution in [3.05, 3.63) is 83.6 Å². The third-order valence-corrected chi connectivity index (χ3v) is 4.13. The van der Waals surface area contributed by atoms with Gasteiger partial charge in [-0.25, -0.2) is 4.79 Å². The standard InChI is InChI=1S/C21H19NO5/c1-26-21(25)17-10-8-16(9-11-17)20(24)22-13-18(23)14-4-6-15(7-5-14)19-3-2-12-27-19/h2-12,18,23H,13H2,1H3,(H,22,24)/t18-/m0/s1. The lowest BCUT2D eigenvalue weighted by Gasteiger charge is -2.13. The van der Waals surface area contributed by atoms with Crippen LogP contribution in [0.15, 0.2) is 71.3 Å². The van der Waals surface area contributed by atoms with Crippen molar-refractivity contribution in [1.82, 2.24) is 5.32 Å². The van der Waals surface area contributed by atoms with Gasteiger partial charge in [0.05, 0.1) is 25.0 Å². The summed E-state index contributed by atoms with van der Waals surface area (Å²) in [5, 5.41) is 13.0. The Balaban J connectivity index is 1.57. The van der Waals surface area contributed by atoms with Crippen LogP contribution < -0.4 is 5.32 Å². The van der Waals surface area contributed by atoms with Crippen LogP contribution >= 0.6 is 0 Å². The molecule has 0 bridgehead atoms. The lowest BCUT2D eigenvalue weighted by molar-refractivity contribution is 0.0600. The lowest BCUT2D eigenvalue weighted by atomic mass is 10.1. The van der Waals surface area contributed by atoms with Crippen molar-refractivity contribution in [3.63, 3.8) is 0 Å². The normalized spacial score (nSPS) is 11.6. The molecule has 0 saturated carbocycles. The first-order valence-corrected chi connectivity index (χ1v) is 8.37. The van der Waals surface area contributed by atoms with Gasteiger partial charge in [-0.2, -0.15) is 0 Å². The molecule has 1 heterocycles. The van der Waals surface area contributed by atoms with Gasteiger partial charge < -0.3 is 19.6 Å². The molecule has 3 rings (SSSR count). The summed E-state index contributed by atoms with van der Waals surface area (Å²) in [7, 11) is 1.30. The molecule has 0 spiro atoms. The van der Waals surface area contributed by atoms with Crippen molar-refractivity contribution in [3.8, 4) is 11.3 Å². The molecule has 0 aliphatic heterocycles. The molecular formula is C21H19NO5. The summed E-state index contributed by atoms with van der Waals surface area (Å²) in [4.78, 5) is 23.6. The van der Waals surface area contributed by atoms with Crippen LogP contribution in [0.1, 0.15) is 32.4 Å². The van der Waals surface area contributed by atoms with Crippen molar-refractivity contribution in [2.75, 3.05) is 13.7 Å². The SMILES string of the molecule is COC(=O)c1ccc(C(=O)NC[C@H](O)c2ccc(-c3ccco3)cc2)cc1. The minimum absolute atomic E-state index is 0.0671. The average molecular weight is 365 g/mol. The number of carbonyl (C=O) groups excluding carboxylic acids is 2. The quantitative estimate of drug-likeness (QED) is 0.655. The summed E-state index contributed by atoms with van der Waals surface area (Å²) in [6.45, 7) is 0.0671. The third kappa shape index (κ3) is 4.43. The van der Waals surface area contributed by atoms with Crippen LogP contribution in [0.3, 0.4) is 0 Å². The van der Waals surface area contributed by atoms with Gasteiger partial charge >= 0.3 is 5.97 Å². The summed E-state index contributed by atoms with van der Waals surface area (Å²) in [5.74, 6) is -0.0483. The maximum atomic E-state index is 12.2. The fourth-order valence-electron chi connectivity index (χ4n) is 2.60. The molecule has 27 heavy (non-hydrogen) atoms. The molecule has 0 aliphatic carbocycles. The van der Waals surface area contributed by atoms with Crippen LogP contribution in [-0.2, 0) is 4.74 Å². The number of hydrogen-bond acceptors (Lipinski definition) is 5. The van der Waals surface area contributed by atoms with E-state index in [4.69, 9.17) is 4.42 Å². The zero-order chi connectivity index (χ0) is 19.2. The van der Waals surface area contributed by atoms with Gasteiger partial charge in [0.1, 0.15) is 5.76 Å². The second-order valence-corrected chi connectivity index (χ2v) is 5.89. The molecule has 1 atom stereocenters. The van der Waals surface area contributed by atoms with Crippen LogP contribution in [0.4, 0.5) is 0 Å². The van der Waals surface area contributed by atoms with Crippen molar-refractivity contribution >= 4 is 11.9 Å². The third-order valence-electron chi connectivity index (χ3n) is 4.13. The summed E-state index contributed by atoms with van der Waals surface area (Å²) in [6.07, 6.45) is 0.764. The highest BCUT2D eigenvalue weighted by Crippen LogP contribution is 2.22. The Morgan fingerprint density at radius 2 is 1.70 bits per heavy atom. The average Bonchev–Trinajstić information content (AvgIpc) is 3.26. The molecule has 2 N–H and O–H groups in total. The number of methoxy groups -OCH3 is 1. The molecule has 1 aromatic heterocycles. The number of hydrogen-bond donors (Lipinski definition) is 2. The Morgan fingerprint density at radius 3 is 2.30 bits per heavy atom. The molecule has 1 amide bonds. The summed E-state index contributed by atoms with van der Waals surface area (Å²) in [6, 6.07) is 17.1. The van der Waals surface area contributed by atoms with E-state index in [0.717, 1.165) is 11.3 Å². The van der Waals surface area contributed by atoms with Crippen LogP contribution in [-0.4, -0.2) is 30.6 Å². The molecule has 2 aromatic carbocycles. The lowest BCUT2D eigenvalue weighted by Crippen LogP contribution is -2.28. The van der Waals surface area contributed by atoms with Gasteiger partial charge in [0.15, 0.2) is 0 Å². The molecule has 0 fully saturated rings. The van der Waals surface area contributed by atoms with Gasteiger partial charge in [0.25, 0.3) is 5.91 Å². The second-order valence-electron chi connectivity index (χ2n) is 5.89. The van der Waals surface area contributed by atoms with Crippen LogP contribution in [0.5, 0.6) is 0 Å². The Labute approximate surface area is 156 Å². The summed E-state index contributed by atoms with van der Waals surface area (Å²) in [5.41, 5.74) is 2.35. The Bertz CT molecular complexity index is 899. The first-order valence-electron chi connectivity index (χ1n) is 8.37. The number of furan rings is 1. The molecule has 138 valence electrons. The molecule has 6 heteroatoms. The summed E-state index contributed by atoms with van der Waals surface area (Å²) < 4.78 is 9.95. The van der Waals surface area contributed by atoms with Gasteiger partial charge in [-0.1, -0.05) is 24.3 Å². The van der Waals surface area contributed by atoms with Crippen LogP contribution in [0, 0.1) is 0 Å². The van der Waals surface area contributed by atoms with E-state index in [1.807, 2.05) is 24.3 Å². The number of aliphatic hydroxyl groups excluding tert-OH is 1. The molecule has 0 aliphatic rings. The van der Waals surface area contributed by atoms with E-state index < -0.39 is 12.1 Å². The van der Waals surface area contributed by atoms with Gasteiger partial charge in [0, 0.05) is 17.7 Å². The minimum atomic E-state index is -0.839. The van der Waals surface area contributed by atoms with Crippen molar-refractivity contribution in [1.29, 1.82) is 0 Å². The number of carbonyl (C=O) groups is 2. The van der Waals surface area contributed by atoms with E-state index in [1.54, 1.807) is 18.4 Å². The van der Waals surface area contributed by atoms with E-state index in [9.17, 15) is 14.7 Å². The van der Waals surface area contributed by atoms with Gasteiger partial charge in [-0.05, 0) is 42.0 Å². The fraction of sp³-hybridized carbons (Fsp3) is 0.143. The number of rotatable bonds is 6. The maximum Gasteiger partial charge on any atom is 0.337 e. The fourth-order valence-corrected chi connectivity index (χ4v) is 2.60. The number of nitrogens with one attached hydrogen (secondary N) is 1. The molecular weight excluding hydrogens is 346 g/mol. The minimum Gasteiger partial charge on any atom is -0.465 e. The predicted molar refractivity (Wildman–Crippen MR) is 99.2 cm³/mol. The topological polar surface area (TPSA) is 88.8 Å². The maximum absolute atomic E-state index is 12.2. The monoisotopic (exact) mass is 365 g/mol. The number of benzene rings is 2. The van der Waals surface area contributed by atoms with E-state index >= 15 is 0 Å². The number of esters is 1. The first kappa shape index (κ1) is 18.4. The van der Waals surface area contributed by atoms with Gasteiger partial charge in [-0.15, -0.1) is 0 Å². The Morgan fingerprint density at radius 1 is 1.04 bits per heavy atom. The summed E-state index contributed by atoms with van der Waals surface area (Å²) >= 11 is 0. The van der Waals surface area contributed by atoms with E-state index in [-0.39, 0.29) is 12.5 Å². The first-order chi connectivity index (χ1) is 13.1. The van der Waals surface area contributed by atoms with E-state index in [2.05, 4.69) is 10.1 Å². The van der Waals surface area contributed by atoms with Crippen LogP contribution in [0.2, 0.25) is 0 Å². The van der Waals surface area contributed by atoms with Crippen molar-refractivity contribution in [2.45, 2.75) is 6.10 Å². The molecule has 0 saturated heterocycles. The molecule has 0 unspecified atom stereocenters. The highest BCUT2D eigenvalue weighted by Gasteiger charge is 2.12. The molecule has 3 aromatic rings. The molecule has 6 nitrogen and oxygen atoms in total.